The van der Waals surface area contributed by atoms with Crippen LogP contribution in [0.2, 0.25) is 0 Å². The minimum Gasteiger partial charge on any atom is -0.488 e. The summed E-state index contributed by atoms with van der Waals surface area (Å²) in [6.07, 6.45) is 5.87. The molecule has 2 atom stereocenters. The number of likely N-dealkylation sites (tertiary alicyclic amines) is 1. The molecule has 2 aliphatic heterocycles. The average molecular weight is 526 g/mol. The summed E-state index contributed by atoms with van der Waals surface area (Å²) in [5.74, 6) is -0.331. The van der Waals surface area contributed by atoms with E-state index in [9.17, 15) is 4.39 Å². The summed E-state index contributed by atoms with van der Waals surface area (Å²) >= 11 is 0. The Hall–Kier alpha value is -2.51. The van der Waals surface area contributed by atoms with Crippen molar-refractivity contribution < 1.29 is 17.9 Å². The van der Waals surface area contributed by atoms with Crippen LogP contribution in [0, 0.1) is 17.6 Å². The molecule has 4 nitrogen and oxygen atoms in total. The first-order valence-electron chi connectivity index (χ1n) is 14.1. The van der Waals surface area contributed by atoms with E-state index in [1.807, 2.05) is 36.1 Å². The number of hydrogen-bond donors (Lipinski definition) is 1. The summed E-state index contributed by atoms with van der Waals surface area (Å²) in [6.45, 7) is 7.76. The lowest BCUT2D eigenvalue weighted by atomic mass is 9.87. The number of alkyl halides is 1. The lowest BCUT2D eigenvalue weighted by Gasteiger charge is -2.43. The fourth-order valence-electron chi connectivity index (χ4n) is 6.89. The summed E-state index contributed by atoms with van der Waals surface area (Å²) in [5.41, 5.74) is 1.12. The van der Waals surface area contributed by atoms with Crippen molar-refractivity contribution in [1.82, 2.24) is 14.8 Å². The zero-order valence-corrected chi connectivity index (χ0v) is 22.6. The zero-order chi connectivity index (χ0) is 26.6. The van der Waals surface area contributed by atoms with Gasteiger partial charge in [0.2, 0.25) is 0 Å². The average Bonchev–Trinajstić information content (AvgIpc) is 3.46. The molecule has 6 rings (SSSR count). The van der Waals surface area contributed by atoms with Crippen LogP contribution in [0.3, 0.4) is 0 Å². The van der Waals surface area contributed by atoms with Crippen LogP contribution in [0.15, 0.2) is 36.4 Å². The van der Waals surface area contributed by atoms with E-state index in [-0.39, 0.29) is 30.0 Å². The maximum absolute atomic E-state index is 15.8. The largest absolute Gasteiger partial charge is 0.488 e. The van der Waals surface area contributed by atoms with Crippen molar-refractivity contribution in [3.63, 3.8) is 0 Å². The molecule has 2 fully saturated rings. The molecule has 1 N–H and O–H groups in total. The first kappa shape index (κ1) is 25.8. The summed E-state index contributed by atoms with van der Waals surface area (Å²) in [6, 6.07) is 9.65. The number of aromatic amines is 1. The van der Waals surface area contributed by atoms with Crippen LogP contribution < -0.4 is 4.74 Å². The van der Waals surface area contributed by atoms with Gasteiger partial charge in [0, 0.05) is 66.5 Å². The Kier molecular flexibility index (Phi) is 6.71. The van der Waals surface area contributed by atoms with Crippen LogP contribution in [0.1, 0.15) is 69.3 Å². The molecule has 0 radical (unpaired) electrons. The second-order valence-corrected chi connectivity index (χ2v) is 12.3. The number of para-hydroxylation sites is 1. The SMILES string of the molecule is C[C@@H]1Cc2c([nH]c3ccccc23)[C@@H](c2c(F)cc(OC3CN(CC4CCCC4)C3)cc2F)N1CC(C)(C)F. The molecule has 3 heterocycles. The van der Waals surface area contributed by atoms with E-state index in [1.165, 1.54) is 51.7 Å². The number of fused-ring (bicyclic) bond motifs is 3. The third kappa shape index (κ3) is 4.95. The normalized spacial score (nSPS) is 23.6. The summed E-state index contributed by atoms with van der Waals surface area (Å²) in [7, 11) is 0. The van der Waals surface area contributed by atoms with Gasteiger partial charge in [-0.15, -0.1) is 0 Å². The molecule has 7 heteroatoms. The predicted octanol–water partition coefficient (Wildman–Crippen LogP) is 6.78. The molecule has 1 aromatic heterocycles. The Balaban J connectivity index is 1.29. The molecule has 0 unspecified atom stereocenters. The highest BCUT2D eigenvalue weighted by atomic mass is 19.1. The van der Waals surface area contributed by atoms with E-state index in [2.05, 4.69) is 9.88 Å². The van der Waals surface area contributed by atoms with Crippen LogP contribution in [0.25, 0.3) is 10.9 Å². The number of nitrogens with one attached hydrogen (secondary N) is 1. The van der Waals surface area contributed by atoms with Gasteiger partial charge in [-0.1, -0.05) is 31.0 Å². The number of aromatic nitrogens is 1. The van der Waals surface area contributed by atoms with Gasteiger partial charge in [0.15, 0.2) is 0 Å². The molecular weight excluding hydrogens is 487 g/mol. The highest BCUT2D eigenvalue weighted by Gasteiger charge is 2.41. The number of rotatable bonds is 7. The molecule has 204 valence electrons. The van der Waals surface area contributed by atoms with Crippen LogP contribution in [0.5, 0.6) is 5.75 Å². The number of hydrogen-bond acceptors (Lipinski definition) is 3. The molecule has 0 amide bonds. The van der Waals surface area contributed by atoms with E-state index in [1.54, 1.807) is 0 Å². The Morgan fingerprint density at radius 3 is 2.42 bits per heavy atom. The number of H-pyrrole nitrogens is 1. The van der Waals surface area contributed by atoms with Crippen molar-refractivity contribution in [1.29, 1.82) is 0 Å². The molecule has 1 saturated carbocycles. The molecule has 1 aliphatic carbocycles. The van der Waals surface area contributed by atoms with Gasteiger partial charge in [-0.05, 0) is 57.6 Å². The van der Waals surface area contributed by atoms with E-state index < -0.39 is 23.3 Å². The molecule has 38 heavy (non-hydrogen) atoms. The van der Waals surface area contributed by atoms with Gasteiger partial charge in [-0.25, -0.2) is 13.2 Å². The van der Waals surface area contributed by atoms with Crippen molar-refractivity contribution in [2.45, 2.75) is 76.7 Å². The van der Waals surface area contributed by atoms with Crippen molar-refractivity contribution in [2.24, 2.45) is 5.92 Å². The van der Waals surface area contributed by atoms with Gasteiger partial charge in [0.05, 0.1) is 6.04 Å². The lowest BCUT2D eigenvalue weighted by Crippen LogP contribution is -2.54. The third-order valence-electron chi connectivity index (χ3n) is 8.62. The molecule has 2 aromatic carbocycles. The fourth-order valence-corrected chi connectivity index (χ4v) is 6.89. The highest BCUT2D eigenvalue weighted by Crippen LogP contribution is 2.44. The molecule has 0 spiro atoms. The minimum atomic E-state index is -1.53. The Bertz CT molecular complexity index is 1280. The lowest BCUT2D eigenvalue weighted by molar-refractivity contribution is 0.0103. The van der Waals surface area contributed by atoms with Crippen molar-refractivity contribution in [3.05, 3.63) is 64.9 Å². The van der Waals surface area contributed by atoms with Gasteiger partial charge < -0.3 is 9.72 Å². The van der Waals surface area contributed by atoms with E-state index in [4.69, 9.17) is 4.74 Å². The molecule has 1 saturated heterocycles. The molecule has 3 aliphatic rings. The third-order valence-corrected chi connectivity index (χ3v) is 8.62. The number of ether oxygens (including phenoxy) is 1. The molecule has 3 aromatic rings. The van der Waals surface area contributed by atoms with Crippen molar-refractivity contribution in [3.8, 4) is 5.75 Å². The molecule has 0 bridgehead atoms. The summed E-state index contributed by atoms with van der Waals surface area (Å²) in [5, 5.41) is 1.05. The quantitative estimate of drug-likeness (QED) is 0.369. The van der Waals surface area contributed by atoms with Crippen LogP contribution >= 0.6 is 0 Å². The smallest absolute Gasteiger partial charge is 0.135 e. The zero-order valence-electron chi connectivity index (χ0n) is 22.6. The van der Waals surface area contributed by atoms with E-state index in [0.717, 1.165) is 47.7 Å². The van der Waals surface area contributed by atoms with Crippen LogP contribution in [-0.2, 0) is 6.42 Å². The Morgan fingerprint density at radius 1 is 1.05 bits per heavy atom. The Morgan fingerprint density at radius 2 is 1.74 bits per heavy atom. The topological polar surface area (TPSA) is 31.5 Å². The Labute approximate surface area is 223 Å². The second kappa shape index (κ2) is 9.91. The minimum absolute atomic E-state index is 0.0556. The van der Waals surface area contributed by atoms with Crippen LogP contribution in [0.4, 0.5) is 13.2 Å². The van der Waals surface area contributed by atoms with Crippen molar-refractivity contribution >= 4 is 10.9 Å². The predicted molar refractivity (Wildman–Crippen MR) is 144 cm³/mol. The second-order valence-electron chi connectivity index (χ2n) is 12.3. The van der Waals surface area contributed by atoms with Gasteiger partial charge in [0.1, 0.15) is 29.2 Å². The van der Waals surface area contributed by atoms with E-state index in [0.29, 0.717) is 6.42 Å². The monoisotopic (exact) mass is 525 g/mol. The number of benzene rings is 2. The van der Waals surface area contributed by atoms with Crippen molar-refractivity contribution in [2.75, 3.05) is 26.2 Å². The summed E-state index contributed by atoms with van der Waals surface area (Å²) < 4.78 is 52.6. The number of nitrogens with zero attached hydrogens (tertiary/aromatic N) is 2. The summed E-state index contributed by atoms with van der Waals surface area (Å²) in [4.78, 5) is 7.69. The highest BCUT2D eigenvalue weighted by molar-refractivity contribution is 5.85. The fraction of sp³-hybridized carbons (Fsp3) is 0.548. The van der Waals surface area contributed by atoms with Gasteiger partial charge in [0.25, 0.3) is 0 Å². The van der Waals surface area contributed by atoms with E-state index >= 15 is 8.78 Å². The first-order chi connectivity index (χ1) is 18.2. The maximum atomic E-state index is 15.8. The van der Waals surface area contributed by atoms with Crippen LogP contribution in [-0.4, -0.2) is 58.8 Å². The van der Waals surface area contributed by atoms with Gasteiger partial charge in [-0.3, -0.25) is 9.80 Å². The standard InChI is InChI=1S/C31H38F3N3O/c1-19-12-24-23-10-6-7-11-27(23)35-29(24)30(37(19)18-31(2,3)34)28-25(32)13-21(14-26(28)33)38-22-16-36(17-22)15-20-8-4-5-9-20/h6-7,10-11,13-14,19-20,22,30,35H,4-5,8-9,12,15-18H2,1-3H3/t19-,30-/m1/s1. The molecular formula is C31H38F3N3O. The first-order valence-corrected chi connectivity index (χ1v) is 14.1. The van der Waals surface area contributed by atoms with Gasteiger partial charge in [-0.2, -0.15) is 0 Å². The maximum Gasteiger partial charge on any atom is 0.135 e. The number of halogens is 3. The van der Waals surface area contributed by atoms with Gasteiger partial charge >= 0.3 is 0 Å².